The fourth-order valence-corrected chi connectivity index (χ4v) is 6.54. The average molecular weight is 587 g/mol. The second-order valence-electron chi connectivity index (χ2n) is 11.1. The molecule has 2 aromatic rings. The monoisotopic (exact) mass is 585 g/mol. The van der Waals surface area contributed by atoms with E-state index >= 15 is 0 Å². The lowest BCUT2D eigenvalue weighted by Gasteiger charge is -2.40. The van der Waals surface area contributed by atoms with Gasteiger partial charge in [0.15, 0.2) is 0 Å². The van der Waals surface area contributed by atoms with E-state index in [4.69, 9.17) is 11.6 Å². The summed E-state index contributed by atoms with van der Waals surface area (Å²) in [5.41, 5.74) is 1.32. The van der Waals surface area contributed by atoms with Crippen LogP contribution in [-0.4, -0.2) is 90.4 Å². The van der Waals surface area contributed by atoms with E-state index in [2.05, 4.69) is 27.1 Å². The Balaban J connectivity index is 0.00000200. The van der Waals surface area contributed by atoms with Gasteiger partial charge in [-0.05, 0) is 108 Å². The normalized spacial score (nSPS) is 20.9. The predicted molar refractivity (Wildman–Crippen MR) is 159 cm³/mol. The van der Waals surface area contributed by atoms with E-state index in [-0.39, 0.29) is 36.6 Å². The van der Waals surface area contributed by atoms with Gasteiger partial charge < -0.3 is 25.0 Å². The summed E-state index contributed by atoms with van der Waals surface area (Å²) in [6, 6.07) is 6.80. The molecule has 10 heteroatoms. The number of piperidine rings is 3. The molecule has 0 bridgehead atoms. The topological polar surface area (TPSA) is 71.7 Å². The second kappa shape index (κ2) is 14.2. The molecule has 0 unspecified atom stereocenters. The molecule has 0 radical (unpaired) electrons. The number of halogens is 3. The van der Waals surface area contributed by atoms with Gasteiger partial charge in [0.25, 0.3) is 5.91 Å². The van der Waals surface area contributed by atoms with Crippen molar-refractivity contribution in [3.05, 3.63) is 35.0 Å². The third-order valence-electron chi connectivity index (χ3n) is 8.60. The number of rotatable bonds is 6. The van der Waals surface area contributed by atoms with E-state index in [1.807, 2.05) is 23.1 Å². The Bertz CT molecular complexity index is 1060. The van der Waals surface area contributed by atoms with Crippen LogP contribution in [0.25, 0.3) is 10.9 Å². The second-order valence-corrected chi connectivity index (χ2v) is 11.5. The van der Waals surface area contributed by atoms with Crippen molar-refractivity contribution in [2.45, 2.75) is 51.0 Å². The highest BCUT2D eigenvalue weighted by atomic mass is 35.5. The van der Waals surface area contributed by atoms with Crippen LogP contribution in [0.2, 0.25) is 5.02 Å². The molecule has 0 saturated carbocycles. The lowest BCUT2D eigenvalue weighted by Crippen LogP contribution is -2.56. The first kappa shape index (κ1) is 31.0. The molecule has 3 aliphatic rings. The number of nitrogens with one attached hydrogen (secondary N) is 2. The van der Waals surface area contributed by atoms with Crippen molar-refractivity contribution in [1.29, 1.82) is 0 Å². The molecule has 3 saturated heterocycles. The fourth-order valence-electron chi connectivity index (χ4n) is 6.36. The van der Waals surface area contributed by atoms with Crippen molar-refractivity contribution >= 4 is 59.1 Å². The maximum atomic E-state index is 13.7. The van der Waals surface area contributed by atoms with Gasteiger partial charge in [-0.3, -0.25) is 9.59 Å². The fraction of sp³-hybridized carbons (Fsp3) is 0.643. The molecule has 2 amide bonds. The molecule has 5 rings (SSSR count). The molecule has 7 nitrogen and oxygen atoms in total. The van der Waals surface area contributed by atoms with Crippen LogP contribution in [-0.2, 0) is 4.79 Å². The predicted octanol–water partition coefficient (Wildman–Crippen LogP) is 4.83. The number of hydrogen-bond acceptors (Lipinski definition) is 4. The number of hydrogen-bond donors (Lipinski definition) is 2. The van der Waals surface area contributed by atoms with E-state index in [0.717, 1.165) is 74.6 Å². The Morgan fingerprint density at radius 3 is 2.24 bits per heavy atom. The number of carbonyl (C=O) groups excluding carboxylic acids is 2. The first-order valence-corrected chi connectivity index (χ1v) is 14.1. The van der Waals surface area contributed by atoms with Crippen LogP contribution in [0.15, 0.2) is 24.3 Å². The molecular weight excluding hydrogens is 545 g/mol. The third kappa shape index (κ3) is 7.57. The van der Waals surface area contributed by atoms with Crippen molar-refractivity contribution in [2.24, 2.45) is 11.8 Å². The van der Waals surface area contributed by atoms with Crippen LogP contribution >= 0.6 is 36.4 Å². The maximum Gasteiger partial charge on any atom is 0.268 e. The van der Waals surface area contributed by atoms with Crippen molar-refractivity contribution in [1.82, 2.24) is 25.0 Å². The van der Waals surface area contributed by atoms with Crippen LogP contribution in [0.5, 0.6) is 0 Å². The van der Waals surface area contributed by atoms with Crippen LogP contribution in [0.3, 0.4) is 0 Å². The van der Waals surface area contributed by atoms with Gasteiger partial charge in [-0.25, -0.2) is 0 Å². The highest BCUT2D eigenvalue weighted by Gasteiger charge is 2.34. The summed E-state index contributed by atoms with van der Waals surface area (Å²) in [5.74, 6) is 1.34. The van der Waals surface area contributed by atoms with Crippen LogP contribution in [0.1, 0.15) is 55.4 Å². The lowest BCUT2D eigenvalue weighted by molar-refractivity contribution is -0.135. The largest absolute Gasteiger partial charge is 0.351 e. The number of H-pyrrole nitrogens is 1. The van der Waals surface area contributed by atoms with Gasteiger partial charge in [0.05, 0.1) is 0 Å². The first-order valence-electron chi connectivity index (χ1n) is 13.7. The zero-order valence-corrected chi connectivity index (χ0v) is 24.7. The highest BCUT2D eigenvalue weighted by Crippen LogP contribution is 2.32. The Morgan fingerprint density at radius 1 is 0.947 bits per heavy atom. The number of aromatic nitrogens is 1. The van der Waals surface area contributed by atoms with E-state index in [1.54, 1.807) is 6.07 Å². The van der Waals surface area contributed by atoms with Gasteiger partial charge in [-0.1, -0.05) is 18.0 Å². The molecule has 0 aliphatic carbocycles. The van der Waals surface area contributed by atoms with Gasteiger partial charge in [-0.15, -0.1) is 24.8 Å². The molecule has 1 atom stereocenters. The van der Waals surface area contributed by atoms with Crippen molar-refractivity contribution in [3.63, 3.8) is 0 Å². The van der Waals surface area contributed by atoms with Crippen molar-refractivity contribution in [2.75, 3.05) is 52.9 Å². The van der Waals surface area contributed by atoms with Crippen molar-refractivity contribution in [3.8, 4) is 0 Å². The average Bonchev–Trinajstić information content (AvgIpc) is 3.32. The van der Waals surface area contributed by atoms with Gasteiger partial charge in [0.2, 0.25) is 5.91 Å². The molecule has 38 heavy (non-hydrogen) atoms. The summed E-state index contributed by atoms with van der Waals surface area (Å²) in [5, 5.41) is 4.62. The number of benzene rings is 1. The number of fused-ring (bicyclic) bond motifs is 1. The smallest absolute Gasteiger partial charge is 0.268 e. The maximum absolute atomic E-state index is 13.7. The molecule has 0 spiro atoms. The molecule has 3 aliphatic heterocycles. The van der Waals surface area contributed by atoms with Crippen LogP contribution in [0.4, 0.5) is 0 Å². The SMILES string of the molecule is CN1CCC(C2CCN(C(=O)[C@@H](CN3CCCCC3)NC(=O)c3cc4cc(Cl)ccc4[nH]3)CC2)CC1.Cl.Cl. The minimum atomic E-state index is -0.537. The van der Waals surface area contributed by atoms with Crippen molar-refractivity contribution < 1.29 is 9.59 Å². The number of nitrogens with zero attached hydrogens (tertiary/aromatic N) is 3. The Kier molecular flexibility index (Phi) is 11.6. The minimum Gasteiger partial charge on any atom is -0.351 e. The third-order valence-corrected chi connectivity index (χ3v) is 8.84. The van der Waals surface area contributed by atoms with E-state index < -0.39 is 6.04 Å². The molecule has 212 valence electrons. The number of aromatic amines is 1. The summed E-state index contributed by atoms with van der Waals surface area (Å²) in [6.45, 7) is 6.53. The Hall–Kier alpha value is -1.51. The summed E-state index contributed by atoms with van der Waals surface area (Å²) < 4.78 is 0. The van der Waals surface area contributed by atoms with Gasteiger partial charge in [0.1, 0.15) is 11.7 Å². The summed E-state index contributed by atoms with van der Waals surface area (Å²) >= 11 is 6.12. The zero-order chi connectivity index (χ0) is 25.1. The van der Waals surface area contributed by atoms with E-state index in [1.165, 1.54) is 32.4 Å². The Labute approximate surface area is 243 Å². The van der Waals surface area contributed by atoms with Gasteiger partial charge in [0, 0.05) is 35.6 Å². The number of carbonyl (C=O) groups is 2. The molecule has 1 aromatic heterocycles. The quantitative estimate of drug-likeness (QED) is 0.509. The standard InChI is InChI=1S/C28H40ClN5O2.2ClH/c1-32-13-7-20(8-14-32)21-9-15-34(16-10-21)28(36)26(19-33-11-3-2-4-12-33)31-27(35)25-18-22-17-23(29)5-6-24(22)30-25;;/h5-6,17-18,20-21,26,30H,2-4,7-16,19H2,1H3,(H,31,35);2*1H/t26-;;/m1../s1. The lowest BCUT2D eigenvalue weighted by atomic mass is 9.79. The van der Waals surface area contributed by atoms with Gasteiger partial charge in [-0.2, -0.15) is 0 Å². The first-order chi connectivity index (χ1) is 17.5. The van der Waals surface area contributed by atoms with E-state index in [0.29, 0.717) is 17.3 Å². The highest BCUT2D eigenvalue weighted by molar-refractivity contribution is 6.31. The summed E-state index contributed by atoms with van der Waals surface area (Å²) in [6.07, 6.45) is 8.25. The van der Waals surface area contributed by atoms with Gasteiger partial charge >= 0.3 is 0 Å². The van der Waals surface area contributed by atoms with E-state index in [9.17, 15) is 9.59 Å². The Morgan fingerprint density at radius 2 is 1.58 bits per heavy atom. The summed E-state index contributed by atoms with van der Waals surface area (Å²) in [7, 11) is 2.21. The molecule has 2 N–H and O–H groups in total. The number of likely N-dealkylation sites (tertiary alicyclic amines) is 3. The molecule has 1 aromatic carbocycles. The molecule has 4 heterocycles. The van der Waals surface area contributed by atoms with Crippen LogP contribution in [0, 0.1) is 11.8 Å². The minimum absolute atomic E-state index is 0. The molecule has 3 fully saturated rings. The summed E-state index contributed by atoms with van der Waals surface area (Å²) in [4.78, 5) is 36.9. The number of amides is 2. The zero-order valence-electron chi connectivity index (χ0n) is 22.3. The van der Waals surface area contributed by atoms with Crippen LogP contribution < -0.4 is 5.32 Å². The molecular formula is C28H42Cl3N5O2.